The Morgan fingerprint density at radius 3 is 2.56 bits per heavy atom. The highest BCUT2D eigenvalue weighted by Crippen LogP contribution is 2.26. The van der Waals surface area contributed by atoms with Gasteiger partial charge in [0.05, 0.1) is 6.61 Å². The van der Waals surface area contributed by atoms with Crippen LogP contribution in [0.15, 0.2) is 18.2 Å². The molecule has 90 valence electrons. The van der Waals surface area contributed by atoms with Crippen molar-refractivity contribution in [1.29, 1.82) is 0 Å². The number of aliphatic hydroxyl groups is 1. The van der Waals surface area contributed by atoms with Crippen molar-refractivity contribution in [3.05, 3.63) is 29.3 Å². The maximum Gasteiger partial charge on any atom is 0.0606 e. The van der Waals surface area contributed by atoms with Gasteiger partial charge in [0.1, 0.15) is 0 Å². The Kier molecular flexibility index (Phi) is 4.77. The number of anilines is 1. The van der Waals surface area contributed by atoms with Crippen molar-refractivity contribution in [3.63, 3.8) is 0 Å². The largest absolute Gasteiger partial charge is 0.395 e. The van der Waals surface area contributed by atoms with E-state index >= 15 is 0 Å². The van der Waals surface area contributed by atoms with E-state index in [1.54, 1.807) is 0 Å². The molecule has 0 aliphatic carbocycles. The van der Waals surface area contributed by atoms with Crippen LogP contribution in [-0.4, -0.2) is 24.3 Å². The molecule has 1 rings (SSSR count). The quantitative estimate of drug-likeness (QED) is 0.796. The SMILES string of the molecule is Cc1cccc(CN)c1N(CCO)C(C)C. The summed E-state index contributed by atoms with van der Waals surface area (Å²) in [5.74, 6) is 0. The monoisotopic (exact) mass is 222 g/mol. The van der Waals surface area contributed by atoms with Gasteiger partial charge in [-0.2, -0.15) is 0 Å². The van der Waals surface area contributed by atoms with Crippen LogP contribution < -0.4 is 10.6 Å². The Hall–Kier alpha value is -1.06. The van der Waals surface area contributed by atoms with Crippen LogP contribution in [0, 0.1) is 6.92 Å². The van der Waals surface area contributed by atoms with Crippen LogP contribution in [0.5, 0.6) is 0 Å². The number of aryl methyl sites for hydroxylation is 1. The molecule has 16 heavy (non-hydrogen) atoms. The van der Waals surface area contributed by atoms with Gasteiger partial charge in [-0.3, -0.25) is 0 Å². The first-order valence-corrected chi connectivity index (χ1v) is 5.77. The zero-order valence-corrected chi connectivity index (χ0v) is 10.4. The van der Waals surface area contributed by atoms with Crippen LogP contribution >= 0.6 is 0 Å². The minimum Gasteiger partial charge on any atom is -0.395 e. The van der Waals surface area contributed by atoms with E-state index in [0.29, 0.717) is 19.1 Å². The van der Waals surface area contributed by atoms with Gasteiger partial charge in [-0.15, -0.1) is 0 Å². The molecule has 3 nitrogen and oxygen atoms in total. The second kappa shape index (κ2) is 5.87. The summed E-state index contributed by atoms with van der Waals surface area (Å²) in [6, 6.07) is 6.52. The van der Waals surface area contributed by atoms with Crippen molar-refractivity contribution < 1.29 is 5.11 Å². The molecule has 1 aromatic carbocycles. The molecule has 0 bridgehead atoms. The van der Waals surface area contributed by atoms with Gasteiger partial charge in [0.15, 0.2) is 0 Å². The first kappa shape index (κ1) is 13.0. The Bertz CT molecular complexity index is 337. The normalized spacial score (nSPS) is 10.9. The van der Waals surface area contributed by atoms with Gasteiger partial charge < -0.3 is 15.7 Å². The van der Waals surface area contributed by atoms with Crippen LogP contribution in [0.1, 0.15) is 25.0 Å². The van der Waals surface area contributed by atoms with Crippen LogP contribution in [-0.2, 0) is 6.54 Å². The van der Waals surface area contributed by atoms with E-state index in [1.807, 2.05) is 6.07 Å². The minimum atomic E-state index is 0.163. The molecule has 0 aliphatic rings. The average molecular weight is 222 g/mol. The fraction of sp³-hybridized carbons (Fsp3) is 0.538. The van der Waals surface area contributed by atoms with Crippen LogP contribution in [0.4, 0.5) is 5.69 Å². The van der Waals surface area contributed by atoms with Gasteiger partial charge >= 0.3 is 0 Å². The summed E-state index contributed by atoms with van der Waals surface area (Å²) in [7, 11) is 0. The smallest absolute Gasteiger partial charge is 0.0606 e. The number of para-hydroxylation sites is 1. The van der Waals surface area contributed by atoms with Crippen LogP contribution in [0.25, 0.3) is 0 Å². The second-order valence-corrected chi connectivity index (χ2v) is 4.30. The number of hydrogen-bond donors (Lipinski definition) is 2. The first-order chi connectivity index (χ1) is 7.61. The molecule has 0 spiro atoms. The third-order valence-electron chi connectivity index (χ3n) is 2.79. The molecule has 0 atom stereocenters. The number of nitrogens with two attached hydrogens (primary N) is 1. The summed E-state index contributed by atoms with van der Waals surface area (Å²) >= 11 is 0. The Balaban J connectivity index is 3.16. The summed E-state index contributed by atoms with van der Waals surface area (Å²) in [6.45, 7) is 7.68. The lowest BCUT2D eigenvalue weighted by Gasteiger charge is -2.31. The molecule has 0 heterocycles. The van der Waals surface area contributed by atoms with Gasteiger partial charge in [-0.25, -0.2) is 0 Å². The highest BCUT2D eigenvalue weighted by atomic mass is 16.3. The second-order valence-electron chi connectivity index (χ2n) is 4.30. The van der Waals surface area contributed by atoms with Crippen molar-refractivity contribution in [1.82, 2.24) is 0 Å². The zero-order chi connectivity index (χ0) is 12.1. The number of benzene rings is 1. The predicted molar refractivity (Wildman–Crippen MR) is 68.6 cm³/mol. The molecule has 0 amide bonds. The number of nitrogens with zero attached hydrogens (tertiary/aromatic N) is 1. The van der Waals surface area contributed by atoms with Gasteiger partial charge in [-0.1, -0.05) is 18.2 Å². The Morgan fingerprint density at radius 2 is 2.06 bits per heavy atom. The lowest BCUT2D eigenvalue weighted by atomic mass is 10.1. The molecule has 0 aromatic heterocycles. The molecule has 0 aliphatic heterocycles. The lowest BCUT2D eigenvalue weighted by Crippen LogP contribution is -2.35. The maximum absolute atomic E-state index is 9.13. The van der Waals surface area contributed by atoms with Crippen molar-refractivity contribution in [2.24, 2.45) is 5.73 Å². The summed E-state index contributed by atoms with van der Waals surface area (Å²) in [6.07, 6.45) is 0. The zero-order valence-electron chi connectivity index (χ0n) is 10.4. The Labute approximate surface area is 97.9 Å². The van der Waals surface area contributed by atoms with Gasteiger partial charge in [0.25, 0.3) is 0 Å². The molecule has 0 saturated carbocycles. The van der Waals surface area contributed by atoms with Crippen molar-refractivity contribution in [2.45, 2.75) is 33.4 Å². The summed E-state index contributed by atoms with van der Waals surface area (Å²) in [5.41, 5.74) is 9.29. The highest BCUT2D eigenvalue weighted by molar-refractivity contribution is 5.59. The van der Waals surface area contributed by atoms with E-state index in [2.05, 4.69) is 37.8 Å². The molecule has 3 heteroatoms. The molecule has 0 radical (unpaired) electrons. The van der Waals surface area contributed by atoms with E-state index in [4.69, 9.17) is 10.8 Å². The first-order valence-electron chi connectivity index (χ1n) is 5.77. The fourth-order valence-electron chi connectivity index (χ4n) is 2.03. The predicted octanol–water partition coefficient (Wildman–Crippen LogP) is 1.66. The third-order valence-corrected chi connectivity index (χ3v) is 2.79. The Morgan fingerprint density at radius 1 is 1.38 bits per heavy atom. The van der Waals surface area contributed by atoms with E-state index in [1.165, 1.54) is 11.3 Å². The fourth-order valence-corrected chi connectivity index (χ4v) is 2.03. The van der Waals surface area contributed by atoms with Crippen molar-refractivity contribution >= 4 is 5.69 Å². The lowest BCUT2D eigenvalue weighted by molar-refractivity contribution is 0.299. The van der Waals surface area contributed by atoms with Gasteiger partial charge in [-0.05, 0) is 31.9 Å². The summed E-state index contributed by atoms with van der Waals surface area (Å²) < 4.78 is 0. The number of rotatable bonds is 5. The molecular formula is C13H22N2O. The van der Waals surface area contributed by atoms with Crippen molar-refractivity contribution in [2.75, 3.05) is 18.1 Å². The van der Waals surface area contributed by atoms with Crippen LogP contribution in [0.3, 0.4) is 0 Å². The van der Waals surface area contributed by atoms with E-state index in [0.717, 1.165) is 5.56 Å². The molecule has 0 fully saturated rings. The molecule has 0 saturated heterocycles. The third kappa shape index (κ3) is 2.74. The average Bonchev–Trinajstić information content (AvgIpc) is 2.26. The molecule has 3 N–H and O–H groups in total. The maximum atomic E-state index is 9.13. The minimum absolute atomic E-state index is 0.163. The van der Waals surface area contributed by atoms with Gasteiger partial charge in [0.2, 0.25) is 0 Å². The van der Waals surface area contributed by atoms with Crippen LogP contribution in [0.2, 0.25) is 0 Å². The van der Waals surface area contributed by atoms with Gasteiger partial charge in [0, 0.05) is 24.8 Å². The highest BCUT2D eigenvalue weighted by Gasteiger charge is 2.15. The topological polar surface area (TPSA) is 49.5 Å². The van der Waals surface area contributed by atoms with E-state index < -0.39 is 0 Å². The van der Waals surface area contributed by atoms with E-state index in [9.17, 15) is 0 Å². The molecule has 0 unspecified atom stereocenters. The van der Waals surface area contributed by atoms with Crippen molar-refractivity contribution in [3.8, 4) is 0 Å². The molecule has 1 aromatic rings. The summed E-state index contributed by atoms with van der Waals surface area (Å²) in [4.78, 5) is 2.21. The number of aliphatic hydroxyl groups excluding tert-OH is 1. The standard InChI is InChI=1S/C13H22N2O/c1-10(2)15(7-8-16)13-11(3)5-4-6-12(13)9-14/h4-6,10,16H,7-9,14H2,1-3H3. The number of hydrogen-bond acceptors (Lipinski definition) is 3. The summed E-state index contributed by atoms with van der Waals surface area (Å²) in [5, 5.41) is 9.13. The molecular weight excluding hydrogens is 200 g/mol. The van der Waals surface area contributed by atoms with E-state index in [-0.39, 0.29) is 6.61 Å².